The zero-order chi connectivity index (χ0) is 14.8. The largest absolute Gasteiger partial charge is 0.497 e. The van der Waals surface area contributed by atoms with E-state index in [0.717, 1.165) is 29.1 Å². The number of ether oxygens (including phenoxy) is 1. The Balaban J connectivity index is 2.27. The average molecular weight is 308 g/mol. The van der Waals surface area contributed by atoms with E-state index in [1.807, 2.05) is 36.0 Å². The van der Waals surface area contributed by atoms with E-state index in [2.05, 4.69) is 20.8 Å². The third kappa shape index (κ3) is 3.41. The van der Waals surface area contributed by atoms with Crippen LogP contribution in [0, 0.1) is 0 Å². The molecule has 108 valence electrons. The van der Waals surface area contributed by atoms with E-state index in [9.17, 15) is 4.79 Å². The Bertz CT molecular complexity index is 530. The predicted molar refractivity (Wildman–Crippen MR) is 88.8 cm³/mol. The van der Waals surface area contributed by atoms with Crippen molar-refractivity contribution in [3.63, 3.8) is 0 Å². The van der Waals surface area contributed by atoms with Gasteiger partial charge in [0.15, 0.2) is 5.78 Å². The zero-order valence-electron chi connectivity index (χ0n) is 12.4. The molecule has 1 heterocycles. The summed E-state index contributed by atoms with van der Waals surface area (Å²) in [4.78, 5) is 12.7. The number of allylic oxidation sites excluding steroid dienone is 1. The summed E-state index contributed by atoms with van der Waals surface area (Å²) >= 11 is 3.61. The van der Waals surface area contributed by atoms with Crippen LogP contribution in [0.5, 0.6) is 5.75 Å². The first-order chi connectivity index (χ1) is 9.46. The maximum Gasteiger partial charge on any atom is 0.190 e. The van der Waals surface area contributed by atoms with Crippen LogP contribution in [-0.4, -0.2) is 23.4 Å². The monoisotopic (exact) mass is 308 g/mol. The second-order valence-corrected chi connectivity index (χ2v) is 8.55. The van der Waals surface area contributed by atoms with E-state index >= 15 is 0 Å². The number of hydrogen-bond acceptors (Lipinski definition) is 4. The second kappa shape index (κ2) is 6.27. The summed E-state index contributed by atoms with van der Waals surface area (Å²) in [5, 5.41) is 0. The molecule has 0 aromatic heterocycles. The molecule has 1 aromatic carbocycles. The first-order valence-electron chi connectivity index (χ1n) is 6.70. The number of carbonyl (C=O) groups is 1. The van der Waals surface area contributed by atoms with Gasteiger partial charge < -0.3 is 4.74 Å². The molecule has 2 rings (SSSR count). The van der Waals surface area contributed by atoms with Crippen molar-refractivity contribution in [1.29, 1.82) is 0 Å². The molecule has 0 atom stereocenters. The summed E-state index contributed by atoms with van der Waals surface area (Å²) in [5.41, 5.74) is 1.71. The van der Waals surface area contributed by atoms with Gasteiger partial charge >= 0.3 is 0 Å². The first-order valence-corrected chi connectivity index (χ1v) is 8.51. The normalized spacial score (nSPS) is 17.4. The number of carbonyl (C=O) groups excluding carboxylic acids is 1. The number of rotatable bonds is 5. The van der Waals surface area contributed by atoms with Crippen LogP contribution < -0.4 is 4.74 Å². The van der Waals surface area contributed by atoms with Crippen molar-refractivity contribution in [3.8, 4) is 5.75 Å². The lowest BCUT2D eigenvalue weighted by molar-refractivity contribution is 0.103. The lowest BCUT2D eigenvalue weighted by Gasteiger charge is -2.15. The molecule has 4 heteroatoms. The van der Waals surface area contributed by atoms with E-state index in [0.29, 0.717) is 0 Å². The van der Waals surface area contributed by atoms with Gasteiger partial charge in [-0.25, -0.2) is 0 Å². The number of ketones is 1. The van der Waals surface area contributed by atoms with Gasteiger partial charge in [0.1, 0.15) is 5.75 Å². The SMILES string of the molecule is CCSC1=C(C(=O)c2ccc(OC)cc2)CC(C)(C)S1. The van der Waals surface area contributed by atoms with Gasteiger partial charge in [0.05, 0.1) is 7.11 Å². The Kier molecular flexibility index (Phi) is 4.86. The van der Waals surface area contributed by atoms with Crippen LogP contribution in [0.2, 0.25) is 0 Å². The first kappa shape index (κ1) is 15.5. The smallest absolute Gasteiger partial charge is 0.190 e. The number of hydrogen-bond donors (Lipinski definition) is 0. The zero-order valence-corrected chi connectivity index (χ0v) is 14.0. The lowest BCUT2D eigenvalue weighted by Crippen LogP contribution is -2.12. The third-order valence-corrected chi connectivity index (χ3v) is 5.65. The van der Waals surface area contributed by atoms with Gasteiger partial charge in [0.25, 0.3) is 0 Å². The molecule has 0 spiro atoms. The summed E-state index contributed by atoms with van der Waals surface area (Å²) in [6.45, 7) is 6.52. The minimum Gasteiger partial charge on any atom is -0.497 e. The Morgan fingerprint density at radius 3 is 2.55 bits per heavy atom. The summed E-state index contributed by atoms with van der Waals surface area (Å²) in [6.07, 6.45) is 0.838. The number of Topliss-reactive ketones (excluding diaryl/α,β-unsaturated/α-hetero) is 1. The van der Waals surface area contributed by atoms with Crippen molar-refractivity contribution < 1.29 is 9.53 Å². The van der Waals surface area contributed by atoms with Crippen LogP contribution in [0.15, 0.2) is 34.1 Å². The molecular weight excluding hydrogens is 288 g/mol. The Morgan fingerprint density at radius 2 is 2.00 bits per heavy atom. The summed E-state index contributed by atoms with van der Waals surface area (Å²) in [7, 11) is 1.63. The van der Waals surface area contributed by atoms with Gasteiger partial charge in [-0.05, 0) is 36.4 Å². The summed E-state index contributed by atoms with van der Waals surface area (Å²) in [5.74, 6) is 1.93. The van der Waals surface area contributed by atoms with Gasteiger partial charge in [-0.15, -0.1) is 23.5 Å². The van der Waals surface area contributed by atoms with E-state index in [4.69, 9.17) is 4.74 Å². The molecule has 1 aromatic rings. The minimum atomic E-state index is 0.120. The maximum atomic E-state index is 12.7. The van der Waals surface area contributed by atoms with Crippen molar-refractivity contribution in [3.05, 3.63) is 39.6 Å². The van der Waals surface area contributed by atoms with Crippen LogP contribution in [0.4, 0.5) is 0 Å². The topological polar surface area (TPSA) is 26.3 Å². The van der Waals surface area contributed by atoms with Crippen molar-refractivity contribution in [2.75, 3.05) is 12.9 Å². The van der Waals surface area contributed by atoms with Crippen LogP contribution in [0.3, 0.4) is 0 Å². The highest BCUT2D eigenvalue weighted by atomic mass is 32.2. The fourth-order valence-corrected chi connectivity index (χ4v) is 5.06. The second-order valence-electron chi connectivity index (χ2n) is 5.30. The molecule has 0 unspecified atom stereocenters. The summed E-state index contributed by atoms with van der Waals surface area (Å²) < 4.78 is 6.45. The number of methoxy groups -OCH3 is 1. The molecule has 1 aliphatic rings. The number of thioether (sulfide) groups is 2. The van der Waals surface area contributed by atoms with Gasteiger partial charge in [-0.1, -0.05) is 20.8 Å². The average Bonchev–Trinajstić information content (AvgIpc) is 2.73. The number of benzene rings is 1. The Hall–Kier alpha value is -0.870. The van der Waals surface area contributed by atoms with Crippen LogP contribution in [0.25, 0.3) is 0 Å². The third-order valence-electron chi connectivity index (χ3n) is 3.12. The fraction of sp³-hybridized carbons (Fsp3) is 0.438. The van der Waals surface area contributed by atoms with Gasteiger partial charge in [0, 0.05) is 20.1 Å². The summed E-state index contributed by atoms with van der Waals surface area (Å²) in [6, 6.07) is 7.37. The van der Waals surface area contributed by atoms with Crippen LogP contribution in [0.1, 0.15) is 37.6 Å². The molecule has 0 bridgehead atoms. The van der Waals surface area contributed by atoms with Gasteiger partial charge in [0.2, 0.25) is 0 Å². The van der Waals surface area contributed by atoms with Gasteiger partial charge in [-0.2, -0.15) is 0 Å². The highest BCUT2D eigenvalue weighted by Gasteiger charge is 2.35. The fourth-order valence-electron chi connectivity index (χ4n) is 2.18. The van der Waals surface area contributed by atoms with Crippen molar-refractivity contribution in [2.24, 2.45) is 0 Å². The van der Waals surface area contributed by atoms with Crippen LogP contribution in [-0.2, 0) is 0 Å². The molecular formula is C16H20O2S2. The van der Waals surface area contributed by atoms with Crippen molar-refractivity contribution in [1.82, 2.24) is 0 Å². The Morgan fingerprint density at radius 1 is 1.35 bits per heavy atom. The van der Waals surface area contributed by atoms with Gasteiger partial charge in [-0.3, -0.25) is 4.79 Å². The minimum absolute atomic E-state index is 0.120. The molecule has 0 saturated carbocycles. The highest BCUT2D eigenvalue weighted by Crippen LogP contribution is 2.51. The van der Waals surface area contributed by atoms with Crippen LogP contribution >= 0.6 is 23.5 Å². The molecule has 0 fully saturated rings. The van der Waals surface area contributed by atoms with Crippen molar-refractivity contribution in [2.45, 2.75) is 31.9 Å². The molecule has 2 nitrogen and oxygen atoms in total. The molecule has 20 heavy (non-hydrogen) atoms. The quantitative estimate of drug-likeness (QED) is 0.733. The maximum absolute atomic E-state index is 12.7. The molecule has 0 radical (unpaired) electrons. The predicted octanol–water partition coefficient (Wildman–Crippen LogP) is 4.76. The highest BCUT2D eigenvalue weighted by molar-refractivity contribution is 8.23. The van der Waals surface area contributed by atoms with Crippen molar-refractivity contribution >= 4 is 29.3 Å². The van der Waals surface area contributed by atoms with E-state index < -0.39 is 0 Å². The molecule has 0 N–H and O–H groups in total. The van der Waals surface area contributed by atoms with E-state index in [1.54, 1.807) is 18.9 Å². The van der Waals surface area contributed by atoms with E-state index in [-0.39, 0.29) is 10.5 Å². The Labute approximate surface area is 129 Å². The standard InChI is InChI=1S/C16H20O2S2/c1-5-19-15-13(10-16(2,3)20-15)14(17)11-6-8-12(18-4)9-7-11/h6-9H,5,10H2,1-4H3. The lowest BCUT2D eigenvalue weighted by atomic mass is 9.96. The molecule has 0 amide bonds. The molecule has 0 saturated heterocycles. The van der Waals surface area contributed by atoms with E-state index in [1.165, 1.54) is 4.24 Å². The molecule has 1 aliphatic heterocycles. The molecule has 0 aliphatic carbocycles.